The standard InChI is InChI=1S/C18H17ClN2OS/c19-10-4-9-17(22)21-18-20-12-15(23-18)11-14-7-3-6-13-5-1-2-8-16(13)14/h1-3,5-8,12H,4,9-11H2,(H,20,21,22). The zero-order chi connectivity index (χ0) is 16.1. The van der Waals surface area contributed by atoms with Crippen molar-refractivity contribution in [3.05, 3.63) is 59.1 Å². The molecule has 0 radical (unpaired) electrons. The third-order valence-electron chi connectivity index (χ3n) is 3.58. The maximum atomic E-state index is 11.7. The molecule has 2 aromatic carbocycles. The van der Waals surface area contributed by atoms with E-state index in [4.69, 9.17) is 11.6 Å². The Hall–Kier alpha value is -1.91. The Balaban J connectivity index is 1.72. The molecule has 3 rings (SSSR count). The number of alkyl halides is 1. The van der Waals surface area contributed by atoms with Crippen LogP contribution in [-0.4, -0.2) is 16.8 Å². The van der Waals surface area contributed by atoms with E-state index in [0.717, 1.165) is 11.3 Å². The Bertz CT molecular complexity index is 810. The number of hydrogen-bond donors (Lipinski definition) is 1. The first-order chi connectivity index (χ1) is 11.3. The fraction of sp³-hybridized carbons (Fsp3) is 0.222. The zero-order valence-electron chi connectivity index (χ0n) is 12.6. The lowest BCUT2D eigenvalue weighted by Crippen LogP contribution is -2.10. The normalized spacial score (nSPS) is 10.8. The lowest BCUT2D eigenvalue weighted by Gasteiger charge is -2.04. The van der Waals surface area contributed by atoms with Gasteiger partial charge in [0.1, 0.15) is 0 Å². The molecule has 1 amide bonds. The second-order valence-corrected chi connectivity index (χ2v) is 6.78. The van der Waals surface area contributed by atoms with Crippen LogP contribution in [0.1, 0.15) is 23.3 Å². The number of nitrogens with one attached hydrogen (secondary N) is 1. The number of halogens is 1. The maximum Gasteiger partial charge on any atom is 0.226 e. The Morgan fingerprint density at radius 2 is 2.00 bits per heavy atom. The SMILES string of the molecule is O=C(CCCCl)Nc1ncc(Cc2cccc3ccccc23)s1. The largest absolute Gasteiger partial charge is 0.302 e. The van der Waals surface area contributed by atoms with Gasteiger partial charge < -0.3 is 5.32 Å². The highest BCUT2D eigenvalue weighted by molar-refractivity contribution is 7.15. The lowest BCUT2D eigenvalue weighted by atomic mass is 10.0. The highest BCUT2D eigenvalue weighted by atomic mass is 35.5. The fourth-order valence-electron chi connectivity index (χ4n) is 2.49. The van der Waals surface area contributed by atoms with Crippen LogP contribution in [0.15, 0.2) is 48.7 Å². The highest BCUT2D eigenvalue weighted by Crippen LogP contribution is 2.25. The topological polar surface area (TPSA) is 42.0 Å². The minimum Gasteiger partial charge on any atom is -0.302 e. The number of benzene rings is 2. The average Bonchev–Trinajstić information content (AvgIpc) is 3.00. The van der Waals surface area contributed by atoms with Crippen molar-refractivity contribution in [3.63, 3.8) is 0 Å². The summed E-state index contributed by atoms with van der Waals surface area (Å²) in [7, 11) is 0. The minimum absolute atomic E-state index is 0.0308. The van der Waals surface area contributed by atoms with Crippen LogP contribution in [-0.2, 0) is 11.2 Å². The Morgan fingerprint density at radius 3 is 2.87 bits per heavy atom. The Morgan fingerprint density at radius 1 is 1.17 bits per heavy atom. The van der Waals surface area contributed by atoms with Gasteiger partial charge in [-0.1, -0.05) is 42.5 Å². The van der Waals surface area contributed by atoms with Crippen LogP contribution in [0, 0.1) is 0 Å². The molecule has 0 aliphatic heterocycles. The Kier molecular flexibility index (Phi) is 5.26. The van der Waals surface area contributed by atoms with Crippen molar-refractivity contribution in [1.29, 1.82) is 0 Å². The number of rotatable bonds is 6. The summed E-state index contributed by atoms with van der Waals surface area (Å²) in [5.41, 5.74) is 1.27. The number of hydrogen-bond acceptors (Lipinski definition) is 3. The second-order valence-electron chi connectivity index (χ2n) is 5.29. The van der Waals surface area contributed by atoms with E-state index in [1.807, 2.05) is 12.3 Å². The number of nitrogens with zero attached hydrogens (tertiary/aromatic N) is 1. The van der Waals surface area contributed by atoms with Gasteiger partial charge >= 0.3 is 0 Å². The maximum absolute atomic E-state index is 11.7. The minimum atomic E-state index is -0.0308. The number of aromatic nitrogens is 1. The van der Waals surface area contributed by atoms with E-state index in [-0.39, 0.29) is 5.91 Å². The first kappa shape index (κ1) is 16.0. The third-order valence-corrected chi connectivity index (χ3v) is 4.76. The second kappa shape index (κ2) is 7.57. The van der Waals surface area contributed by atoms with Gasteiger partial charge in [0.15, 0.2) is 5.13 Å². The summed E-state index contributed by atoms with van der Waals surface area (Å²) >= 11 is 7.12. The van der Waals surface area contributed by atoms with Crippen LogP contribution in [0.3, 0.4) is 0 Å². The van der Waals surface area contributed by atoms with Crippen molar-refractivity contribution >= 4 is 44.7 Å². The summed E-state index contributed by atoms with van der Waals surface area (Å²) in [5.74, 6) is 0.467. The molecule has 0 fully saturated rings. The fourth-order valence-corrected chi connectivity index (χ4v) is 3.48. The molecule has 0 saturated heterocycles. The molecule has 0 atom stereocenters. The number of amides is 1. The van der Waals surface area contributed by atoms with Crippen molar-refractivity contribution in [1.82, 2.24) is 4.98 Å². The molecule has 23 heavy (non-hydrogen) atoms. The molecule has 3 aromatic rings. The van der Waals surface area contributed by atoms with Gasteiger partial charge in [0, 0.05) is 29.8 Å². The first-order valence-electron chi connectivity index (χ1n) is 7.53. The van der Waals surface area contributed by atoms with Crippen LogP contribution in [0.4, 0.5) is 5.13 Å². The average molecular weight is 345 g/mol. The molecule has 0 aliphatic rings. The van der Waals surface area contributed by atoms with Gasteiger partial charge in [0.2, 0.25) is 5.91 Å². The van der Waals surface area contributed by atoms with E-state index >= 15 is 0 Å². The van der Waals surface area contributed by atoms with E-state index < -0.39 is 0 Å². The molecular formula is C18H17ClN2OS. The first-order valence-corrected chi connectivity index (χ1v) is 8.88. The molecule has 118 valence electrons. The van der Waals surface area contributed by atoms with Gasteiger partial charge in [0.05, 0.1) is 0 Å². The van der Waals surface area contributed by atoms with Crippen molar-refractivity contribution in [2.45, 2.75) is 19.3 Å². The summed E-state index contributed by atoms with van der Waals surface area (Å²) in [6.07, 6.45) is 3.77. The van der Waals surface area contributed by atoms with Gasteiger partial charge in [-0.3, -0.25) is 4.79 Å². The molecule has 0 unspecified atom stereocenters. The van der Waals surface area contributed by atoms with Gasteiger partial charge in [-0.2, -0.15) is 0 Å². The van der Waals surface area contributed by atoms with Crippen LogP contribution >= 0.6 is 22.9 Å². The molecule has 1 aromatic heterocycles. The zero-order valence-corrected chi connectivity index (χ0v) is 14.2. The third kappa shape index (κ3) is 4.09. The van der Waals surface area contributed by atoms with Crippen LogP contribution in [0.5, 0.6) is 0 Å². The quantitative estimate of drug-likeness (QED) is 0.650. The van der Waals surface area contributed by atoms with Crippen molar-refractivity contribution < 1.29 is 4.79 Å². The molecule has 0 spiro atoms. The van der Waals surface area contributed by atoms with E-state index in [9.17, 15) is 4.79 Å². The summed E-state index contributed by atoms with van der Waals surface area (Å²) < 4.78 is 0. The number of carbonyl (C=O) groups is 1. The van der Waals surface area contributed by atoms with Crippen molar-refractivity contribution in [2.75, 3.05) is 11.2 Å². The van der Waals surface area contributed by atoms with Gasteiger partial charge in [-0.15, -0.1) is 22.9 Å². The van der Waals surface area contributed by atoms with Crippen LogP contribution in [0.2, 0.25) is 0 Å². The predicted octanol–water partition coefficient (Wildman–Crippen LogP) is 4.84. The van der Waals surface area contributed by atoms with Gasteiger partial charge in [-0.25, -0.2) is 4.98 Å². The summed E-state index contributed by atoms with van der Waals surface area (Å²) in [6.45, 7) is 0. The number of anilines is 1. The molecular weight excluding hydrogens is 328 g/mol. The van der Waals surface area contributed by atoms with Gasteiger partial charge in [-0.05, 0) is 22.8 Å². The number of fused-ring (bicyclic) bond motifs is 1. The molecule has 0 saturated carbocycles. The van der Waals surface area contributed by atoms with E-state index in [0.29, 0.717) is 23.9 Å². The molecule has 0 bridgehead atoms. The lowest BCUT2D eigenvalue weighted by molar-refractivity contribution is -0.116. The smallest absolute Gasteiger partial charge is 0.226 e. The molecule has 1 heterocycles. The predicted molar refractivity (Wildman–Crippen MR) is 97.5 cm³/mol. The monoisotopic (exact) mass is 344 g/mol. The van der Waals surface area contributed by atoms with E-state index in [2.05, 4.69) is 46.7 Å². The van der Waals surface area contributed by atoms with Gasteiger partial charge in [0.25, 0.3) is 0 Å². The number of thiazole rings is 1. The Labute approximate surface area is 144 Å². The highest BCUT2D eigenvalue weighted by Gasteiger charge is 2.08. The molecule has 3 nitrogen and oxygen atoms in total. The van der Waals surface area contributed by atoms with E-state index in [1.165, 1.54) is 27.7 Å². The summed E-state index contributed by atoms with van der Waals surface area (Å²) in [5, 5.41) is 5.98. The summed E-state index contributed by atoms with van der Waals surface area (Å²) in [6, 6.07) is 14.7. The van der Waals surface area contributed by atoms with E-state index in [1.54, 1.807) is 0 Å². The van der Waals surface area contributed by atoms with Crippen LogP contribution < -0.4 is 5.32 Å². The molecule has 0 aliphatic carbocycles. The molecule has 1 N–H and O–H groups in total. The number of carbonyl (C=O) groups excluding carboxylic acids is 1. The van der Waals surface area contributed by atoms with Crippen molar-refractivity contribution in [2.24, 2.45) is 0 Å². The van der Waals surface area contributed by atoms with Crippen molar-refractivity contribution in [3.8, 4) is 0 Å². The van der Waals surface area contributed by atoms with Crippen LogP contribution in [0.25, 0.3) is 10.8 Å². The summed E-state index contributed by atoms with van der Waals surface area (Å²) in [4.78, 5) is 17.1. The molecule has 5 heteroatoms.